The molecule has 0 fully saturated rings. The summed E-state index contributed by atoms with van der Waals surface area (Å²) in [6.07, 6.45) is 0.909. The van der Waals surface area contributed by atoms with Crippen molar-refractivity contribution in [2.45, 2.75) is 26.3 Å². The molecule has 0 saturated carbocycles. The molecule has 3 heterocycles. The number of aromatic nitrogens is 2. The zero-order chi connectivity index (χ0) is 22.9. The molecule has 33 heavy (non-hydrogen) atoms. The minimum atomic E-state index is -0.569. The molecule has 5 rings (SSSR count). The third kappa shape index (κ3) is 3.93. The Balaban J connectivity index is 1.64. The number of nitrogens with one attached hydrogen (secondary N) is 1. The van der Waals surface area contributed by atoms with Gasteiger partial charge in [0.2, 0.25) is 5.82 Å². The van der Waals surface area contributed by atoms with Gasteiger partial charge in [-0.05, 0) is 60.2 Å². The Morgan fingerprint density at radius 3 is 2.55 bits per heavy atom. The van der Waals surface area contributed by atoms with Gasteiger partial charge in [-0.2, -0.15) is 4.98 Å². The third-order valence-electron chi connectivity index (χ3n) is 5.69. The molecule has 0 radical (unpaired) electrons. The van der Waals surface area contributed by atoms with E-state index >= 15 is 0 Å². The summed E-state index contributed by atoms with van der Waals surface area (Å²) in [6.45, 7) is 3.94. The standard InChI is InChI=1S/C25H21FN4O2S/c1-3-16-6-12-19(13-7-16)30-15(2)21(24-28-23(29-32-24)20-5-4-14-33-20)22(27-25(30)31)17-8-10-18(26)11-9-17/h4-14,22H,3H2,1-2H3,(H,27,31). The van der Waals surface area contributed by atoms with E-state index < -0.39 is 6.04 Å². The average Bonchev–Trinajstić information content (AvgIpc) is 3.52. The maximum atomic E-state index is 13.6. The van der Waals surface area contributed by atoms with Gasteiger partial charge in [0.15, 0.2) is 0 Å². The normalized spacial score (nSPS) is 16.3. The fourth-order valence-corrected chi connectivity index (χ4v) is 4.60. The highest BCUT2D eigenvalue weighted by Crippen LogP contribution is 2.39. The van der Waals surface area contributed by atoms with Crippen LogP contribution in [0.2, 0.25) is 0 Å². The Kier molecular flexibility index (Phi) is 5.51. The molecule has 2 aromatic heterocycles. The van der Waals surface area contributed by atoms with E-state index in [-0.39, 0.29) is 11.8 Å². The van der Waals surface area contributed by atoms with Gasteiger partial charge in [0.1, 0.15) is 5.82 Å². The van der Waals surface area contributed by atoms with Crippen molar-refractivity contribution in [3.63, 3.8) is 0 Å². The molecular weight excluding hydrogens is 439 g/mol. The predicted octanol–water partition coefficient (Wildman–Crippen LogP) is 6.20. The summed E-state index contributed by atoms with van der Waals surface area (Å²) >= 11 is 1.51. The second-order valence-electron chi connectivity index (χ2n) is 7.69. The van der Waals surface area contributed by atoms with Crippen LogP contribution in [0.25, 0.3) is 16.3 Å². The lowest BCUT2D eigenvalue weighted by Crippen LogP contribution is -2.46. The molecule has 166 valence electrons. The summed E-state index contributed by atoms with van der Waals surface area (Å²) < 4.78 is 19.3. The topological polar surface area (TPSA) is 71.3 Å². The number of rotatable bonds is 5. The maximum Gasteiger partial charge on any atom is 0.326 e. The number of amides is 2. The summed E-state index contributed by atoms with van der Waals surface area (Å²) in [5, 5.41) is 9.13. The molecule has 0 spiro atoms. The number of carbonyl (C=O) groups is 1. The lowest BCUT2D eigenvalue weighted by atomic mass is 9.94. The van der Waals surface area contributed by atoms with E-state index in [4.69, 9.17) is 4.52 Å². The fourth-order valence-electron chi connectivity index (χ4n) is 3.96. The molecule has 1 N–H and O–H groups in total. The number of urea groups is 1. The quantitative estimate of drug-likeness (QED) is 0.385. The minimum absolute atomic E-state index is 0.284. The van der Waals surface area contributed by atoms with Gasteiger partial charge in [0, 0.05) is 5.70 Å². The first-order valence-corrected chi connectivity index (χ1v) is 11.5. The van der Waals surface area contributed by atoms with E-state index in [1.807, 2.05) is 48.7 Å². The Bertz CT molecular complexity index is 1310. The van der Waals surface area contributed by atoms with Crippen LogP contribution >= 0.6 is 11.3 Å². The molecule has 1 aliphatic rings. The first-order valence-electron chi connectivity index (χ1n) is 10.6. The minimum Gasteiger partial charge on any atom is -0.334 e. The number of halogens is 1. The number of carbonyl (C=O) groups excluding carboxylic acids is 1. The zero-order valence-electron chi connectivity index (χ0n) is 18.1. The van der Waals surface area contributed by atoms with Crippen LogP contribution in [-0.4, -0.2) is 16.2 Å². The number of aryl methyl sites for hydroxylation is 1. The van der Waals surface area contributed by atoms with Gasteiger partial charge in [0.05, 0.1) is 22.2 Å². The van der Waals surface area contributed by atoms with E-state index in [9.17, 15) is 9.18 Å². The molecule has 6 nitrogen and oxygen atoms in total. The first kappa shape index (κ1) is 21.1. The molecule has 1 unspecified atom stereocenters. The Hall–Kier alpha value is -3.78. The molecule has 2 amide bonds. The third-order valence-corrected chi connectivity index (χ3v) is 6.55. The highest BCUT2D eigenvalue weighted by molar-refractivity contribution is 7.13. The van der Waals surface area contributed by atoms with Crippen LogP contribution in [0.4, 0.5) is 14.9 Å². The molecule has 1 aliphatic heterocycles. The van der Waals surface area contributed by atoms with Gasteiger partial charge in [-0.1, -0.05) is 42.4 Å². The summed E-state index contributed by atoms with van der Waals surface area (Å²) in [6, 6.07) is 16.9. The summed E-state index contributed by atoms with van der Waals surface area (Å²) in [4.78, 5) is 20.3. The molecule has 0 bridgehead atoms. The molecule has 0 saturated heterocycles. The van der Waals surface area contributed by atoms with Gasteiger partial charge in [0.25, 0.3) is 5.89 Å². The average molecular weight is 461 g/mol. The number of hydrogen-bond acceptors (Lipinski definition) is 5. The van der Waals surface area contributed by atoms with Gasteiger partial charge in [-0.3, -0.25) is 4.90 Å². The van der Waals surface area contributed by atoms with Gasteiger partial charge < -0.3 is 9.84 Å². The van der Waals surface area contributed by atoms with Crippen molar-refractivity contribution in [2.75, 3.05) is 4.90 Å². The van der Waals surface area contributed by atoms with Gasteiger partial charge >= 0.3 is 6.03 Å². The van der Waals surface area contributed by atoms with E-state index in [0.717, 1.165) is 22.5 Å². The Morgan fingerprint density at radius 2 is 1.88 bits per heavy atom. The molecule has 2 aromatic carbocycles. The fraction of sp³-hybridized carbons (Fsp3) is 0.160. The largest absolute Gasteiger partial charge is 0.334 e. The van der Waals surface area contributed by atoms with Crippen LogP contribution in [0.5, 0.6) is 0 Å². The van der Waals surface area contributed by atoms with Crippen LogP contribution in [0, 0.1) is 5.82 Å². The molecule has 1 atom stereocenters. The number of hydrogen-bond donors (Lipinski definition) is 1. The van der Waals surface area contributed by atoms with E-state index in [0.29, 0.717) is 23.0 Å². The van der Waals surface area contributed by atoms with Crippen molar-refractivity contribution in [1.82, 2.24) is 15.5 Å². The highest BCUT2D eigenvalue weighted by Gasteiger charge is 2.36. The molecule has 0 aliphatic carbocycles. The maximum absolute atomic E-state index is 13.6. The number of anilines is 1. The van der Waals surface area contributed by atoms with Crippen LogP contribution < -0.4 is 10.2 Å². The Labute approximate surface area is 194 Å². The van der Waals surface area contributed by atoms with Gasteiger partial charge in [-0.15, -0.1) is 11.3 Å². The summed E-state index contributed by atoms with van der Waals surface area (Å²) in [7, 11) is 0. The molecule has 4 aromatic rings. The van der Waals surface area contributed by atoms with Crippen molar-refractivity contribution in [3.8, 4) is 10.7 Å². The number of nitrogens with zero attached hydrogens (tertiary/aromatic N) is 3. The second kappa shape index (κ2) is 8.63. The van der Waals surface area contributed by atoms with Crippen LogP contribution in [0.3, 0.4) is 0 Å². The first-order chi connectivity index (χ1) is 16.0. The Morgan fingerprint density at radius 1 is 1.12 bits per heavy atom. The number of allylic oxidation sites excluding steroid dienone is 1. The number of benzene rings is 2. The van der Waals surface area contributed by atoms with E-state index in [2.05, 4.69) is 22.4 Å². The zero-order valence-corrected chi connectivity index (χ0v) is 18.9. The van der Waals surface area contributed by atoms with E-state index in [1.54, 1.807) is 17.0 Å². The monoisotopic (exact) mass is 460 g/mol. The van der Waals surface area contributed by atoms with E-state index in [1.165, 1.54) is 29.0 Å². The van der Waals surface area contributed by atoms with Crippen LogP contribution in [-0.2, 0) is 6.42 Å². The summed E-state index contributed by atoms with van der Waals surface area (Å²) in [5.74, 6) is 0.438. The van der Waals surface area contributed by atoms with Crippen molar-refractivity contribution in [3.05, 3.63) is 94.6 Å². The number of thiophene rings is 1. The van der Waals surface area contributed by atoms with Gasteiger partial charge in [-0.25, -0.2) is 9.18 Å². The van der Waals surface area contributed by atoms with Crippen LogP contribution in [0.1, 0.15) is 36.9 Å². The molecular formula is C25H21FN4O2S. The molecule has 8 heteroatoms. The smallest absolute Gasteiger partial charge is 0.326 e. The van der Waals surface area contributed by atoms with Crippen LogP contribution in [0.15, 0.2) is 76.3 Å². The highest BCUT2D eigenvalue weighted by atomic mass is 32.1. The van der Waals surface area contributed by atoms with Crippen molar-refractivity contribution < 1.29 is 13.7 Å². The second-order valence-corrected chi connectivity index (χ2v) is 8.64. The lowest BCUT2D eigenvalue weighted by Gasteiger charge is -2.35. The lowest BCUT2D eigenvalue weighted by molar-refractivity contribution is 0.244. The van der Waals surface area contributed by atoms with Crippen molar-refractivity contribution >= 4 is 28.6 Å². The van der Waals surface area contributed by atoms with Crippen molar-refractivity contribution in [2.24, 2.45) is 0 Å². The van der Waals surface area contributed by atoms with Crippen molar-refractivity contribution in [1.29, 1.82) is 0 Å². The SMILES string of the molecule is CCc1ccc(N2C(=O)NC(c3ccc(F)cc3)C(c3nc(-c4cccs4)no3)=C2C)cc1. The summed E-state index contributed by atoms with van der Waals surface area (Å²) in [5.41, 5.74) is 3.96. The predicted molar refractivity (Wildman–Crippen MR) is 126 cm³/mol.